The molecule has 0 bridgehead atoms. The number of carbonyl (C=O) groups excluding carboxylic acids is 2. The third-order valence-electron chi connectivity index (χ3n) is 3.07. The second-order valence-electron chi connectivity index (χ2n) is 4.91. The quantitative estimate of drug-likeness (QED) is 0.725. The van der Waals surface area contributed by atoms with Crippen LogP contribution in [-0.4, -0.2) is 24.6 Å². The highest BCUT2D eigenvalue weighted by Crippen LogP contribution is 2.39. The number of esters is 1. The number of ether oxygens (including phenoxy) is 2. The van der Waals surface area contributed by atoms with Gasteiger partial charge in [0.25, 0.3) is 5.91 Å². The van der Waals surface area contributed by atoms with Gasteiger partial charge in [-0.05, 0) is 38.5 Å². The molecule has 1 aliphatic heterocycles. The Labute approximate surface area is 112 Å². The summed E-state index contributed by atoms with van der Waals surface area (Å²) in [6.45, 7) is 5.05. The first-order chi connectivity index (χ1) is 8.77. The van der Waals surface area contributed by atoms with Gasteiger partial charge in [-0.1, -0.05) is 0 Å². The van der Waals surface area contributed by atoms with E-state index in [0.29, 0.717) is 22.6 Å². The second-order valence-corrected chi connectivity index (χ2v) is 4.91. The van der Waals surface area contributed by atoms with Gasteiger partial charge in [0.05, 0.1) is 25.4 Å². The van der Waals surface area contributed by atoms with Crippen molar-refractivity contribution in [2.75, 3.05) is 12.0 Å². The Bertz CT molecular complexity index is 563. The summed E-state index contributed by atoms with van der Waals surface area (Å²) in [5, 5.41) is 0. The van der Waals surface area contributed by atoms with E-state index < -0.39 is 11.6 Å². The molecule has 0 fully saturated rings. The molecule has 0 saturated heterocycles. The summed E-state index contributed by atoms with van der Waals surface area (Å²) in [6.07, 6.45) is 0. The van der Waals surface area contributed by atoms with Crippen LogP contribution in [-0.2, 0) is 9.53 Å². The molecule has 2 rings (SSSR count). The minimum Gasteiger partial charge on any atom is -0.476 e. The summed E-state index contributed by atoms with van der Waals surface area (Å²) in [5.74, 6) is -0.386. The first-order valence-corrected chi connectivity index (χ1v) is 5.79. The van der Waals surface area contributed by atoms with Crippen LogP contribution in [0.3, 0.4) is 0 Å². The lowest BCUT2D eigenvalue weighted by Gasteiger charge is -2.36. The number of amides is 1. The highest BCUT2D eigenvalue weighted by molar-refractivity contribution is 6.04. The van der Waals surface area contributed by atoms with Gasteiger partial charge in [-0.15, -0.1) is 0 Å². The molecule has 1 amide bonds. The summed E-state index contributed by atoms with van der Waals surface area (Å²) in [5.41, 5.74) is 0.383. The number of anilines is 1. The first kappa shape index (κ1) is 13.4. The van der Waals surface area contributed by atoms with Crippen LogP contribution in [0, 0.1) is 14.0 Å². The molecule has 0 atom stereocenters. The van der Waals surface area contributed by atoms with Crippen molar-refractivity contribution in [3.63, 3.8) is 0 Å². The number of hydrogen-bond acceptors (Lipinski definition) is 4. The molecular formula is C14H15NO4. The number of methoxy groups -OCH3 is 1. The third kappa shape index (κ3) is 2.05. The number of hydrogen-bond donors (Lipinski definition) is 0. The maximum Gasteiger partial charge on any atom is 0.338 e. The zero-order chi connectivity index (χ0) is 14.4. The molecule has 100 valence electrons. The van der Waals surface area contributed by atoms with E-state index in [2.05, 4.69) is 4.74 Å². The average molecular weight is 261 g/mol. The first-order valence-electron chi connectivity index (χ1n) is 5.79. The molecule has 5 nitrogen and oxygen atoms in total. The number of rotatable bonds is 1. The number of nitrogens with zero attached hydrogens (tertiary/aromatic N) is 1. The molecule has 1 aliphatic rings. The van der Waals surface area contributed by atoms with Crippen LogP contribution in [0.1, 0.15) is 29.8 Å². The Morgan fingerprint density at radius 2 is 2.05 bits per heavy atom. The van der Waals surface area contributed by atoms with Crippen molar-refractivity contribution < 1.29 is 19.1 Å². The van der Waals surface area contributed by atoms with Gasteiger partial charge in [0.15, 0.2) is 5.60 Å². The van der Waals surface area contributed by atoms with Crippen molar-refractivity contribution in [1.29, 1.82) is 0 Å². The van der Waals surface area contributed by atoms with Gasteiger partial charge in [0, 0.05) is 0 Å². The Kier molecular flexibility index (Phi) is 3.00. The minimum absolute atomic E-state index is 0.354. The topological polar surface area (TPSA) is 55.8 Å². The van der Waals surface area contributed by atoms with Gasteiger partial charge in [-0.25, -0.2) is 4.79 Å². The Balaban J connectivity index is 2.58. The lowest BCUT2D eigenvalue weighted by atomic mass is 10.0. The monoisotopic (exact) mass is 261 g/mol. The number of aryl methyl sites for hydroxylation is 1. The second kappa shape index (κ2) is 4.26. The summed E-state index contributed by atoms with van der Waals surface area (Å²) in [6, 6.07) is 3.18. The summed E-state index contributed by atoms with van der Waals surface area (Å²) in [4.78, 5) is 24.6. The van der Waals surface area contributed by atoms with E-state index in [1.54, 1.807) is 26.8 Å². The van der Waals surface area contributed by atoms with Gasteiger partial charge in [-0.3, -0.25) is 9.69 Å². The van der Waals surface area contributed by atoms with Crippen molar-refractivity contribution >= 4 is 17.6 Å². The zero-order valence-corrected chi connectivity index (χ0v) is 11.3. The van der Waals surface area contributed by atoms with E-state index in [4.69, 9.17) is 11.8 Å². The molecule has 0 saturated carbocycles. The van der Waals surface area contributed by atoms with Gasteiger partial charge >= 0.3 is 5.97 Å². The smallest absolute Gasteiger partial charge is 0.338 e. The third-order valence-corrected chi connectivity index (χ3v) is 3.07. The largest absolute Gasteiger partial charge is 0.476 e. The molecule has 0 N–H and O–H groups in total. The number of benzene rings is 1. The minimum atomic E-state index is -1.03. The summed E-state index contributed by atoms with van der Waals surface area (Å²) in [7, 11) is 7.08. The van der Waals surface area contributed by atoms with Crippen molar-refractivity contribution in [3.8, 4) is 5.75 Å². The van der Waals surface area contributed by atoms with Gasteiger partial charge in [0.1, 0.15) is 5.75 Å². The number of fused-ring (bicyclic) bond motifs is 1. The SMILES string of the molecule is [CH]N1C(=O)C(C)(C)Oc2cc(C)c(C(=O)OC)cc21. The summed E-state index contributed by atoms with van der Waals surface area (Å²) < 4.78 is 10.3. The molecule has 1 heterocycles. The van der Waals surface area contributed by atoms with E-state index in [1.807, 2.05) is 0 Å². The van der Waals surface area contributed by atoms with Crippen molar-refractivity contribution in [3.05, 3.63) is 30.3 Å². The molecular weight excluding hydrogens is 246 g/mol. The average Bonchev–Trinajstić information content (AvgIpc) is 2.34. The highest BCUT2D eigenvalue weighted by atomic mass is 16.5. The molecule has 0 aromatic heterocycles. The van der Waals surface area contributed by atoms with Crippen LogP contribution >= 0.6 is 0 Å². The van der Waals surface area contributed by atoms with Crippen LogP contribution < -0.4 is 9.64 Å². The van der Waals surface area contributed by atoms with Crippen LogP contribution in [0.5, 0.6) is 5.75 Å². The standard InChI is InChI=1S/C14H15NO4/c1-8-6-11-10(7-9(8)12(16)18-5)15(4)13(17)14(2,3)19-11/h4,6-7H,1-3,5H3. The molecule has 0 unspecified atom stereocenters. The van der Waals surface area contributed by atoms with Gasteiger partial charge in [-0.2, -0.15) is 0 Å². The van der Waals surface area contributed by atoms with E-state index >= 15 is 0 Å². The zero-order valence-electron chi connectivity index (χ0n) is 11.3. The Morgan fingerprint density at radius 3 is 2.63 bits per heavy atom. The van der Waals surface area contributed by atoms with Crippen LogP contribution in [0.4, 0.5) is 5.69 Å². The van der Waals surface area contributed by atoms with Crippen molar-refractivity contribution in [1.82, 2.24) is 0 Å². The molecule has 1 aromatic carbocycles. The fourth-order valence-electron chi connectivity index (χ4n) is 1.99. The lowest BCUT2D eigenvalue weighted by Crippen LogP contribution is -2.50. The molecule has 19 heavy (non-hydrogen) atoms. The van der Waals surface area contributed by atoms with Gasteiger partial charge < -0.3 is 9.47 Å². The predicted molar refractivity (Wildman–Crippen MR) is 69.0 cm³/mol. The van der Waals surface area contributed by atoms with E-state index in [0.717, 1.165) is 4.90 Å². The van der Waals surface area contributed by atoms with Crippen LogP contribution in [0.25, 0.3) is 0 Å². The highest BCUT2D eigenvalue weighted by Gasteiger charge is 2.40. The van der Waals surface area contributed by atoms with E-state index in [1.165, 1.54) is 13.2 Å². The molecule has 2 radical (unpaired) electrons. The molecule has 0 spiro atoms. The van der Waals surface area contributed by atoms with Crippen LogP contribution in [0.2, 0.25) is 0 Å². The van der Waals surface area contributed by atoms with Gasteiger partial charge in [0.2, 0.25) is 0 Å². The maximum absolute atomic E-state index is 12.0. The Hall–Kier alpha value is -2.04. The van der Waals surface area contributed by atoms with Crippen molar-refractivity contribution in [2.24, 2.45) is 0 Å². The lowest BCUT2D eigenvalue weighted by molar-refractivity contribution is -0.132. The van der Waals surface area contributed by atoms with Crippen LogP contribution in [0.15, 0.2) is 12.1 Å². The molecule has 1 aromatic rings. The van der Waals surface area contributed by atoms with E-state index in [9.17, 15) is 9.59 Å². The maximum atomic E-state index is 12.0. The number of carbonyl (C=O) groups is 2. The predicted octanol–water partition coefficient (Wildman–Crippen LogP) is 1.95. The molecule has 0 aliphatic carbocycles. The fraction of sp³-hybridized carbons (Fsp3) is 0.357. The Morgan fingerprint density at radius 1 is 1.42 bits per heavy atom. The van der Waals surface area contributed by atoms with E-state index in [-0.39, 0.29) is 5.91 Å². The normalized spacial score (nSPS) is 16.7. The molecule has 5 heteroatoms. The summed E-state index contributed by atoms with van der Waals surface area (Å²) >= 11 is 0. The fourth-order valence-corrected chi connectivity index (χ4v) is 1.99. The van der Waals surface area contributed by atoms with Crippen molar-refractivity contribution in [2.45, 2.75) is 26.4 Å².